The Hall–Kier alpha value is -1.56. The van der Waals surface area contributed by atoms with Crippen LogP contribution in [0.5, 0.6) is 11.5 Å². The molecule has 5 heteroatoms. The molecular weight excluding hydrogens is 282 g/mol. The molecule has 118 valence electrons. The van der Waals surface area contributed by atoms with Crippen LogP contribution >= 0.6 is 0 Å². The Bertz CT molecular complexity index is 654. The molecule has 0 saturated carbocycles. The fourth-order valence-electron chi connectivity index (χ4n) is 4.19. The average Bonchev–Trinajstić information content (AvgIpc) is 2.74. The van der Waals surface area contributed by atoms with E-state index in [1.165, 1.54) is 0 Å². The molecule has 2 aliphatic heterocycles. The van der Waals surface area contributed by atoms with Crippen molar-refractivity contribution in [1.29, 1.82) is 0 Å². The van der Waals surface area contributed by atoms with Crippen molar-refractivity contribution in [3.8, 4) is 11.5 Å². The summed E-state index contributed by atoms with van der Waals surface area (Å²) in [5, 5.41) is 22.6. The number of aliphatic hydroxyl groups is 1. The Morgan fingerprint density at radius 1 is 1.45 bits per heavy atom. The van der Waals surface area contributed by atoms with Crippen LogP contribution in [0.15, 0.2) is 24.3 Å². The van der Waals surface area contributed by atoms with E-state index < -0.39 is 6.10 Å². The number of ether oxygens (including phenoxy) is 2. The Balaban J connectivity index is 1.96. The lowest BCUT2D eigenvalue weighted by Gasteiger charge is -2.40. The summed E-state index contributed by atoms with van der Waals surface area (Å²) >= 11 is 0. The molecule has 1 spiro atoms. The summed E-state index contributed by atoms with van der Waals surface area (Å²) in [5.41, 5.74) is 1.82. The molecule has 0 amide bonds. The monoisotopic (exact) mass is 303 g/mol. The number of quaternary nitrogens is 1. The summed E-state index contributed by atoms with van der Waals surface area (Å²) in [7, 11) is 3.36. The number of hydrogen-bond donors (Lipinski definition) is 1. The molecule has 0 radical (unpaired) electrons. The Kier molecular flexibility index (Phi) is 2.86. The first-order chi connectivity index (χ1) is 10.5. The molecule has 1 aromatic carbocycles. The van der Waals surface area contributed by atoms with Crippen molar-refractivity contribution < 1.29 is 19.2 Å². The van der Waals surface area contributed by atoms with E-state index in [0.717, 1.165) is 23.3 Å². The molecule has 0 bridgehead atoms. The molecule has 0 aromatic heterocycles. The summed E-state index contributed by atoms with van der Waals surface area (Å²) in [6, 6.07) is 3.87. The zero-order valence-corrected chi connectivity index (χ0v) is 12.9. The Labute approximate surface area is 129 Å². The standard InChI is InChI=1S/C17H21NO4/c1-18(20)8-7-17-6-5-12(19)9-14(17)22-16-13(21-2)4-3-11(10-18)15(16)17/h3-6,12,14,19H,7-10H2,1-2H3/t12-,14-,17-,18-/m0/s1. The third kappa shape index (κ3) is 1.82. The molecule has 4 rings (SSSR count). The van der Waals surface area contributed by atoms with Gasteiger partial charge < -0.3 is 24.4 Å². The second-order valence-corrected chi connectivity index (χ2v) is 6.87. The van der Waals surface area contributed by atoms with Gasteiger partial charge in [0.15, 0.2) is 11.5 Å². The van der Waals surface area contributed by atoms with Crippen molar-refractivity contribution in [2.75, 3.05) is 20.7 Å². The highest BCUT2D eigenvalue weighted by molar-refractivity contribution is 5.60. The third-order valence-electron chi connectivity index (χ3n) is 5.30. The maximum atomic E-state index is 12.7. The van der Waals surface area contributed by atoms with Gasteiger partial charge in [-0.25, -0.2) is 0 Å². The van der Waals surface area contributed by atoms with Crippen molar-refractivity contribution in [3.05, 3.63) is 40.6 Å². The van der Waals surface area contributed by atoms with Crippen LogP contribution < -0.4 is 9.47 Å². The number of benzene rings is 1. The highest BCUT2D eigenvalue weighted by Gasteiger charge is 2.53. The fraction of sp³-hybridized carbons (Fsp3) is 0.529. The van der Waals surface area contributed by atoms with Gasteiger partial charge in [-0.2, -0.15) is 0 Å². The molecule has 0 saturated heterocycles. The van der Waals surface area contributed by atoms with Gasteiger partial charge >= 0.3 is 0 Å². The first-order valence-corrected chi connectivity index (χ1v) is 7.75. The average molecular weight is 303 g/mol. The van der Waals surface area contributed by atoms with E-state index in [4.69, 9.17) is 9.47 Å². The van der Waals surface area contributed by atoms with Gasteiger partial charge in [-0.3, -0.25) is 0 Å². The lowest BCUT2D eigenvalue weighted by Crippen LogP contribution is -2.44. The molecule has 0 fully saturated rings. The quantitative estimate of drug-likeness (QED) is 0.489. The number of hydroxylamine groups is 3. The summed E-state index contributed by atoms with van der Waals surface area (Å²) < 4.78 is 11.4. The Morgan fingerprint density at radius 2 is 2.27 bits per heavy atom. The van der Waals surface area contributed by atoms with E-state index in [9.17, 15) is 10.3 Å². The molecule has 1 N–H and O–H groups in total. The van der Waals surface area contributed by atoms with E-state index >= 15 is 0 Å². The minimum Gasteiger partial charge on any atom is -0.633 e. The maximum absolute atomic E-state index is 12.7. The second kappa shape index (κ2) is 4.47. The zero-order chi connectivity index (χ0) is 15.5. The molecule has 1 aromatic rings. The number of rotatable bonds is 1. The van der Waals surface area contributed by atoms with Crippen LogP contribution in [-0.2, 0) is 12.0 Å². The van der Waals surface area contributed by atoms with E-state index in [0.29, 0.717) is 25.3 Å². The first kappa shape index (κ1) is 14.1. The summed E-state index contributed by atoms with van der Waals surface area (Å²) in [5.74, 6) is 1.46. The van der Waals surface area contributed by atoms with Crippen molar-refractivity contribution >= 4 is 0 Å². The minimum atomic E-state index is -0.490. The van der Waals surface area contributed by atoms with Gasteiger partial charge in [0.1, 0.15) is 12.6 Å². The SMILES string of the molecule is COc1ccc2c3c1O[C@H]1C[C@@H](O)C=C[C@@]31CC[N@+](C)([O-])C2. The summed E-state index contributed by atoms with van der Waals surface area (Å²) in [6.07, 6.45) is 4.57. The molecular formula is C17H21NO4. The van der Waals surface area contributed by atoms with E-state index in [2.05, 4.69) is 6.08 Å². The van der Waals surface area contributed by atoms with E-state index in [1.807, 2.05) is 18.2 Å². The number of aliphatic hydroxyl groups excluding tert-OH is 1. The van der Waals surface area contributed by atoms with Crippen LogP contribution in [0.4, 0.5) is 0 Å². The van der Waals surface area contributed by atoms with Crippen LogP contribution in [0.2, 0.25) is 0 Å². The third-order valence-corrected chi connectivity index (χ3v) is 5.30. The van der Waals surface area contributed by atoms with Crippen LogP contribution in [0.3, 0.4) is 0 Å². The molecule has 3 aliphatic rings. The molecule has 22 heavy (non-hydrogen) atoms. The van der Waals surface area contributed by atoms with E-state index in [1.54, 1.807) is 14.2 Å². The predicted octanol–water partition coefficient (Wildman–Crippen LogP) is 1.86. The topological polar surface area (TPSA) is 61.8 Å². The van der Waals surface area contributed by atoms with Gasteiger partial charge in [-0.15, -0.1) is 0 Å². The molecule has 2 heterocycles. The van der Waals surface area contributed by atoms with Gasteiger partial charge in [0.2, 0.25) is 0 Å². The summed E-state index contributed by atoms with van der Waals surface area (Å²) in [4.78, 5) is 0. The normalized spacial score (nSPS) is 38.7. The van der Waals surface area contributed by atoms with Gasteiger partial charge in [0.05, 0.1) is 32.2 Å². The van der Waals surface area contributed by atoms with Gasteiger partial charge in [0, 0.05) is 24.0 Å². The van der Waals surface area contributed by atoms with E-state index in [-0.39, 0.29) is 16.2 Å². The Morgan fingerprint density at radius 3 is 3.05 bits per heavy atom. The fourth-order valence-corrected chi connectivity index (χ4v) is 4.19. The largest absolute Gasteiger partial charge is 0.633 e. The molecule has 0 unspecified atom stereocenters. The van der Waals surface area contributed by atoms with Crippen molar-refractivity contribution in [2.24, 2.45) is 0 Å². The molecule has 5 nitrogen and oxygen atoms in total. The van der Waals surface area contributed by atoms with Crippen LogP contribution in [-0.4, -0.2) is 42.7 Å². The van der Waals surface area contributed by atoms with Crippen molar-refractivity contribution in [3.63, 3.8) is 0 Å². The lowest BCUT2D eigenvalue weighted by atomic mass is 9.69. The molecule has 1 aliphatic carbocycles. The smallest absolute Gasteiger partial charge is 0.166 e. The highest BCUT2D eigenvalue weighted by atomic mass is 16.5. The van der Waals surface area contributed by atoms with Crippen LogP contribution in [0.1, 0.15) is 24.0 Å². The van der Waals surface area contributed by atoms with Crippen LogP contribution in [0, 0.1) is 5.21 Å². The van der Waals surface area contributed by atoms with Crippen molar-refractivity contribution in [1.82, 2.24) is 0 Å². The number of hydrogen-bond acceptors (Lipinski definition) is 4. The summed E-state index contributed by atoms with van der Waals surface area (Å²) in [6.45, 7) is 0.983. The maximum Gasteiger partial charge on any atom is 0.166 e. The predicted molar refractivity (Wildman–Crippen MR) is 81.6 cm³/mol. The van der Waals surface area contributed by atoms with Gasteiger partial charge in [-0.1, -0.05) is 12.2 Å². The number of methoxy groups -OCH3 is 1. The number of nitrogens with zero attached hydrogens (tertiary/aromatic N) is 1. The highest BCUT2D eigenvalue weighted by Crippen LogP contribution is 2.56. The first-order valence-electron chi connectivity index (χ1n) is 7.75. The lowest BCUT2D eigenvalue weighted by molar-refractivity contribution is -0.874. The van der Waals surface area contributed by atoms with Crippen molar-refractivity contribution in [2.45, 2.75) is 37.0 Å². The zero-order valence-electron chi connectivity index (χ0n) is 12.9. The van der Waals surface area contributed by atoms with Gasteiger partial charge in [-0.05, 0) is 12.1 Å². The minimum absolute atomic E-state index is 0.129. The van der Waals surface area contributed by atoms with Crippen LogP contribution in [0.25, 0.3) is 0 Å². The van der Waals surface area contributed by atoms with Gasteiger partial charge in [0.25, 0.3) is 0 Å². The molecule has 4 atom stereocenters. The second-order valence-electron chi connectivity index (χ2n) is 6.87.